The van der Waals surface area contributed by atoms with Crippen molar-refractivity contribution in [1.29, 1.82) is 5.26 Å². The number of nitriles is 1. The van der Waals surface area contributed by atoms with Crippen LogP contribution in [0.3, 0.4) is 0 Å². The third kappa shape index (κ3) is 4.81. The van der Waals surface area contributed by atoms with Gasteiger partial charge < -0.3 is 15.1 Å². The minimum atomic E-state index is -1.76. The lowest BCUT2D eigenvalue weighted by molar-refractivity contribution is 0.478. The zero-order valence-electron chi connectivity index (χ0n) is 16.1. The maximum atomic E-state index is 12.8. The third-order valence-electron chi connectivity index (χ3n) is 4.01. The molecule has 0 fully saturated rings. The van der Waals surface area contributed by atoms with Gasteiger partial charge in [-0.1, -0.05) is 13.8 Å². The Bertz CT molecular complexity index is 1050. The Labute approximate surface area is 177 Å². The number of aryl methyl sites for hydroxylation is 1. The van der Waals surface area contributed by atoms with Gasteiger partial charge in [-0.25, -0.2) is 12.7 Å². The average molecular weight is 453 g/mol. The van der Waals surface area contributed by atoms with Crippen LogP contribution in [-0.4, -0.2) is 37.5 Å². The van der Waals surface area contributed by atoms with E-state index >= 15 is 0 Å². The minimum absolute atomic E-state index is 0.251. The Morgan fingerprint density at radius 3 is 2.66 bits per heavy atom. The van der Waals surface area contributed by atoms with Crippen molar-refractivity contribution in [2.24, 2.45) is 8.80 Å². The van der Waals surface area contributed by atoms with Gasteiger partial charge in [-0.05, 0) is 19.1 Å². The number of amidine groups is 2. The summed E-state index contributed by atoms with van der Waals surface area (Å²) in [5, 5.41) is 17.4. The summed E-state index contributed by atoms with van der Waals surface area (Å²) in [6.07, 6.45) is 0. The largest absolute Gasteiger partial charge is 0.465 e. The Kier molecular flexibility index (Phi) is 6.96. The summed E-state index contributed by atoms with van der Waals surface area (Å²) in [5.74, 6) is 2.05. The topological polar surface area (TPSA) is 123 Å². The zero-order chi connectivity index (χ0) is 21.0. The maximum Gasteiger partial charge on any atom is 0.269 e. The average Bonchev–Trinajstić information content (AvgIpc) is 3.39. The number of hydrogen-bond acceptors (Lipinski definition) is 7. The van der Waals surface area contributed by atoms with E-state index in [1.165, 1.54) is 11.3 Å². The van der Waals surface area contributed by atoms with Gasteiger partial charge in [-0.3, -0.25) is 0 Å². The molecule has 2 aromatic rings. The van der Waals surface area contributed by atoms with E-state index in [1.807, 2.05) is 32.9 Å². The first-order chi connectivity index (χ1) is 14.0. The first kappa shape index (κ1) is 21.4. The van der Waals surface area contributed by atoms with E-state index in [-0.39, 0.29) is 11.4 Å². The van der Waals surface area contributed by atoms with Crippen LogP contribution in [0, 0.1) is 18.3 Å². The fraction of sp³-hybridized carbons (Fsp3) is 0.353. The van der Waals surface area contributed by atoms with E-state index in [1.54, 1.807) is 9.69 Å². The van der Waals surface area contributed by atoms with Gasteiger partial charge in [0.2, 0.25) is 0 Å². The number of nitrogens with one attached hydrogen (secondary N) is 2. The molecule has 2 atom stereocenters. The standard InChI is InChI=1S/C17H20N6O3S3/c1-4-23(5-2)28(24)17-13(8-18)14(10-27-17)20-16-15(21-29(25)22-16)19-9-12-7-6-11(3)26-12/h6-7,10H,4-5,9H2,1-3H3,(H,19,21)(H,20,22). The monoisotopic (exact) mass is 452 g/mol. The quantitative estimate of drug-likeness (QED) is 0.665. The van der Waals surface area contributed by atoms with Crippen LogP contribution in [0.1, 0.15) is 30.9 Å². The predicted molar refractivity (Wildman–Crippen MR) is 115 cm³/mol. The lowest BCUT2D eigenvalue weighted by atomic mass is 10.3. The molecule has 0 radical (unpaired) electrons. The van der Waals surface area contributed by atoms with Crippen molar-refractivity contribution in [3.63, 3.8) is 0 Å². The van der Waals surface area contributed by atoms with Crippen LogP contribution in [0.4, 0.5) is 5.69 Å². The molecule has 1 aliphatic heterocycles. The van der Waals surface area contributed by atoms with Gasteiger partial charge in [0.15, 0.2) is 11.7 Å². The van der Waals surface area contributed by atoms with Gasteiger partial charge in [0.25, 0.3) is 11.2 Å². The summed E-state index contributed by atoms with van der Waals surface area (Å²) in [4.78, 5) is 0. The van der Waals surface area contributed by atoms with Gasteiger partial charge in [-0.2, -0.15) is 5.26 Å². The molecule has 0 aromatic carbocycles. The molecule has 2 unspecified atom stereocenters. The van der Waals surface area contributed by atoms with Gasteiger partial charge in [0.1, 0.15) is 38.3 Å². The number of thiophene rings is 1. The van der Waals surface area contributed by atoms with E-state index < -0.39 is 22.2 Å². The molecule has 0 spiro atoms. The summed E-state index contributed by atoms with van der Waals surface area (Å²) < 4.78 is 40.2. The fourth-order valence-electron chi connectivity index (χ4n) is 2.58. The highest BCUT2D eigenvalue weighted by atomic mass is 32.2. The molecule has 9 nitrogen and oxygen atoms in total. The second kappa shape index (κ2) is 9.45. The first-order valence-corrected chi connectivity index (χ1v) is 11.9. The highest BCUT2D eigenvalue weighted by Crippen LogP contribution is 2.31. The zero-order valence-corrected chi connectivity index (χ0v) is 18.5. The van der Waals surface area contributed by atoms with Gasteiger partial charge in [0, 0.05) is 18.5 Å². The minimum Gasteiger partial charge on any atom is -0.465 e. The van der Waals surface area contributed by atoms with Crippen LogP contribution < -0.4 is 10.6 Å². The van der Waals surface area contributed by atoms with Crippen LogP contribution in [0.15, 0.2) is 34.9 Å². The molecule has 12 heteroatoms. The smallest absolute Gasteiger partial charge is 0.269 e. The van der Waals surface area contributed by atoms with Crippen molar-refractivity contribution in [2.75, 3.05) is 18.4 Å². The van der Waals surface area contributed by atoms with E-state index in [2.05, 4.69) is 25.5 Å². The van der Waals surface area contributed by atoms with Crippen molar-refractivity contribution in [3.05, 3.63) is 34.6 Å². The molecular formula is C17H20N6O3S3. The maximum absolute atomic E-state index is 12.8. The predicted octanol–water partition coefficient (Wildman–Crippen LogP) is 2.48. The Balaban J connectivity index is 1.77. The molecule has 3 rings (SSSR count). The van der Waals surface area contributed by atoms with E-state index in [4.69, 9.17) is 4.42 Å². The SMILES string of the molecule is CCN(CC)S(=O)c1scc(NC2=NS(=O)N=C2NCc2ccc(C)o2)c1C#N. The van der Waals surface area contributed by atoms with Gasteiger partial charge >= 0.3 is 0 Å². The van der Waals surface area contributed by atoms with Crippen LogP contribution in [-0.2, 0) is 28.7 Å². The molecule has 29 heavy (non-hydrogen) atoms. The summed E-state index contributed by atoms with van der Waals surface area (Å²) in [6, 6.07) is 5.79. The molecule has 2 aromatic heterocycles. The summed E-state index contributed by atoms with van der Waals surface area (Å²) >= 11 is -0.524. The number of anilines is 1. The molecule has 0 bridgehead atoms. The van der Waals surface area contributed by atoms with Crippen molar-refractivity contribution in [1.82, 2.24) is 9.62 Å². The number of nitrogens with zero attached hydrogens (tertiary/aromatic N) is 4. The Hall–Kier alpha value is -2.33. The highest BCUT2D eigenvalue weighted by molar-refractivity contribution is 7.85. The highest BCUT2D eigenvalue weighted by Gasteiger charge is 2.25. The summed E-state index contributed by atoms with van der Waals surface area (Å²) in [6.45, 7) is 7.23. The van der Waals surface area contributed by atoms with Crippen LogP contribution in [0.2, 0.25) is 0 Å². The molecular weight excluding hydrogens is 432 g/mol. The number of furan rings is 1. The molecule has 0 aliphatic carbocycles. The first-order valence-electron chi connectivity index (χ1n) is 8.81. The van der Waals surface area contributed by atoms with Crippen molar-refractivity contribution in [3.8, 4) is 6.07 Å². The molecule has 154 valence electrons. The molecule has 3 heterocycles. The lowest BCUT2D eigenvalue weighted by Crippen LogP contribution is -2.33. The molecule has 2 N–H and O–H groups in total. The van der Waals surface area contributed by atoms with Crippen molar-refractivity contribution >= 4 is 50.9 Å². The lowest BCUT2D eigenvalue weighted by Gasteiger charge is -2.15. The number of hydrogen-bond donors (Lipinski definition) is 2. The van der Waals surface area contributed by atoms with Crippen molar-refractivity contribution < 1.29 is 12.8 Å². The molecule has 1 aliphatic rings. The molecule has 0 saturated heterocycles. The molecule has 0 amide bonds. The van der Waals surface area contributed by atoms with Crippen LogP contribution in [0.25, 0.3) is 0 Å². The second-order valence-electron chi connectivity index (χ2n) is 5.89. The summed E-state index contributed by atoms with van der Waals surface area (Å²) in [5.41, 5.74) is 0.732. The van der Waals surface area contributed by atoms with E-state index in [0.717, 1.165) is 5.76 Å². The van der Waals surface area contributed by atoms with Gasteiger partial charge in [-0.15, -0.1) is 20.1 Å². The fourth-order valence-corrected chi connectivity index (χ4v) is 5.72. The summed E-state index contributed by atoms with van der Waals surface area (Å²) in [7, 11) is -1.43. The Morgan fingerprint density at radius 1 is 1.31 bits per heavy atom. The second-order valence-corrected chi connectivity index (χ2v) is 9.28. The van der Waals surface area contributed by atoms with Crippen molar-refractivity contribution in [2.45, 2.75) is 31.5 Å². The Morgan fingerprint density at radius 2 is 2.03 bits per heavy atom. The number of rotatable bonds is 7. The van der Waals surface area contributed by atoms with Crippen LogP contribution in [0.5, 0.6) is 0 Å². The normalized spacial score (nSPS) is 17.0. The van der Waals surface area contributed by atoms with E-state index in [9.17, 15) is 13.7 Å². The third-order valence-corrected chi connectivity index (χ3v) is 7.68. The van der Waals surface area contributed by atoms with Crippen LogP contribution >= 0.6 is 11.3 Å². The van der Waals surface area contributed by atoms with Gasteiger partial charge in [0.05, 0.1) is 12.2 Å². The molecule has 0 saturated carbocycles. The van der Waals surface area contributed by atoms with E-state index in [0.29, 0.717) is 41.1 Å².